The Hall–Kier alpha value is -3.54. The van der Waals surface area contributed by atoms with E-state index in [4.69, 9.17) is 0 Å². The van der Waals surface area contributed by atoms with Crippen LogP contribution in [0.15, 0.2) is 54.7 Å². The van der Waals surface area contributed by atoms with Crippen LogP contribution < -0.4 is 9.63 Å². The summed E-state index contributed by atoms with van der Waals surface area (Å²) in [4.78, 5) is 14.6. The molecule has 0 spiro atoms. The lowest BCUT2D eigenvalue weighted by atomic mass is 9.96. The fraction of sp³-hybridized carbons (Fsp3) is 0.182. The van der Waals surface area contributed by atoms with Crippen LogP contribution in [0.2, 0.25) is 0 Å². The summed E-state index contributed by atoms with van der Waals surface area (Å²) >= 11 is 0. The van der Waals surface area contributed by atoms with Crippen LogP contribution in [0.1, 0.15) is 27.9 Å². The van der Waals surface area contributed by atoms with Crippen molar-refractivity contribution in [3.63, 3.8) is 0 Å². The van der Waals surface area contributed by atoms with Gasteiger partial charge < -0.3 is 20.3 Å². The average Bonchev–Trinajstić information content (AvgIpc) is 2.67. The molecule has 142 valence electrons. The van der Waals surface area contributed by atoms with Gasteiger partial charge in [0.05, 0.1) is 5.56 Å². The van der Waals surface area contributed by atoms with Crippen molar-refractivity contribution in [2.45, 2.75) is 19.8 Å². The topological polar surface area (TPSA) is 87.7 Å². The number of carbonyl (C=O) groups excluding carboxylic acids is 1. The third kappa shape index (κ3) is 3.03. The fourth-order valence-electron chi connectivity index (χ4n) is 3.75. The van der Waals surface area contributed by atoms with E-state index in [1.807, 2.05) is 31.2 Å². The van der Waals surface area contributed by atoms with Gasteiger partial charge in [-0.25, -0.2) is 0 Å². The lowest BCUT2D eigenvalue weighted by molar-refractivity contribution is -0.594. The number of hydrogen-bond donors (Lipinski definition) is 2. The number of phenolic OH excluding ortho intramolecular Hbond substituents is 2. The molecule has 1 amide bonds. The summed E-state index contributed by atoms with van der Waals surface area (Å²) in [6.07, 6.45) is 3.07. The molecule has 1 aliphatic rings. The number of hydrogen-bond acceptors (Lipinski definition) is 4. The predicted octanol–water partition coefficient (Wildman–Crippen LogP) is 3.30. The monoisotopic (exact) mass is 376 g/mol. The summed E-state index contributed by atoms with van der Waals surface area (Å²) in [5, 5.41) is 31.7. The maximum absolute atomic E-state index is 13.0. The first-order chi connectivity index (χ1) is 13.5. The van der Waals surface area contributed by atoms with Crippen LogP contribution in [0.3, 0.4) is 0 Å². The van der Waals surface area contributed by atoms with E-state index in [9.17, 15) is 20.2 Å². The molecule has 0 fully saturated rings. The second-order valence-electron chi connectivity index (χ2n) is 6.97. The summed E-state index contributed by atoms with van der Waals surface area (Å²) in [6.45, 7) is 2.43. The van der Waals surface area contributed by atoms with Crippen LogP contribution in [0.5, 0.6) is 11.5 Å². The van der Waals surface area contributed by atoms with Crippen molar-refractivity contribution in [3.8, 4) is 22.8 Å². The fourth-order valence-corrected chi connectivity index (χ4v) is 3.75. The van der Waals surface area contributed by atoms with Gasteiger partial charge in [0.1, 0.15) is 11.5 Å². The van der Waals surface area contributed by atoms with E-state index in [-0.39, 0.29) is 23.0 Å². The second kappa shape index (κ2) is 6.88. The molecular weight excluding hydrogens is 356 g/mol. The molecule has 1 aromatic heterocycles. The highest BCUT2D eigenvalue weighted by atomic mass is 16.5. The largest absolute Gasteiger partial charge is 0.618 e. The van der Waals surface area contributed by atoms with E-state index in [2.05, 4.69) is 0 Å². The molecule has 2 N–H and O–H groups in total. The molecule has 0 bridgehead atoms. The zero-order valence-corrected chi connectivity index (χ0v) is 15.4. The van der Waals surface area contributed by atoms with Gasteiger partial charge in [-0.15, -0.1) is 0 Å². The lowest BCUT2D eigenvalue weighted by Gasteiger charge is -2.30. The normalized spacial score (nSPS) is 13.2. The predicted molar refractivity (Wildman–Crippen MR) is 105 cm³/mol. The van der Waals surface area contributed by atoms with Gasteiger partial charge in [0.15, 0.2) is 6.20 Å². The van der Waals surface area contributed by atoms with Crippen molar-refractivity contribution in [2.75, 3.05) is 11.4 Å². The second-order valence-corrected chi connectivity index (χ2v) is 6.97. The Labute approximate surface area is 162 Å². The number of amides is 1. The Morgan fingerprint density at radius 3 is 2.71 bits per heavy atom. The summed E-state index contributed by atoms with van der Waals surface area (Å²) in [7, 11) is 0. The molecule has 2 heterocycles. The number of carbonyl (C=O) groups is 1. The molecule has 6 heteroatoms. The molecule has 0 unspecified atom stereocenters. The maximum Gasteiger partial charge on any atom is 0.262 e. The van der Waals surface area contributed by atoms with Crippen molar-refractivity contribution in [1.29, 1.82) is 0 Å². The summed E-state index contributed by atoms with van der Waals surface area (Å²) in [5.74, 6) is -0.663. The molecule has 4 rings (SSSR count). The lowest BCUT2D eigenvalue weighted by Crippen LogP contribution is -2.35. The van der Waals surface area contributed by atoms with Gasteiger partial charge in [0.2, 0.25) is 5.69 Å². The van der Waals surface area contributed by atoms with E-state index in [0.29, 0.717) is 12.2 Å². The third-order valence-corrected chi connectivity index (χ3v) is 5.09. The molecule has 1 aliphatic heterocycles. The van der Waals surface area contributed by atoms with Crippen molar-refractivity contribution in [2.24, 2.45) is 0 Å². The van der Waals surface area contributed by atoms with Crippen molar-refractivity contribution in [1.82, 2.24) is 0 Å². The Bertz CT molecular complexity index is 1060. The minimum absolute atomic E-state index is 0.0955. The third-order valence-electron chi connectivity index (χ3n) is 5.09. The number of fused-ring (bicyclic) bond motifs is 1. The maximum atomic E-state index is 13.0. The van der Waals surface area contributed by atoms with Crippen LogP contribution in [-0.4, -0.2) is 22.7 Å². The molecule has 0 saturated carbocycles. The van der Waals surface area contributed by atoms with Crippen LogP contribution in [-0.2, 0) is 6.42 Å². The number of phenols is 2. The standard InChI is InChI=1S/C22H20N2O4/c1-14-4-2-11-24(28)21(14)16-6-9-19-15(12-16)5-3-10-23(19)22(27)18-8-7-17(25)13-20(18)26/h2,4,6-9,11-13,25-26H,3,5,10H2,1H3. The van der Waals surface area contributed by atoms with Crippen LogP contribution in [0.25, 0.3) is 11.3 Å². The van der Waals surface area contributed by atoms with E-state index in [0.717, 1.165) is 46.0 Å². The zero-order chi connectivity index (χ0) is 19.8. The molecule has 0 atom stereocenters. The van der Waals surface area contributed by atoms with Gasteiger partial charge in [-0.3, -0.25) is 4.79 Å². The van der Waals surface area contributed by atoms with E-state index in [1.54, 1.807) is 11.0 Å². The number of aryl methyl sites for hydroxylation is 2. The SMILES string of the molecule is Cc1ccc[n+]([O-])c1-c1ccc2c(c1)CCCN2C(=O)c1ccc(O)cc1O. The minimum Gasteiger partial charge on any atom is -0.618 e. The number of anilines is 1. The first-order valence-electron chi connectivity index (χ1n) is 9.11. The van der Waals surface area contributed by atoms with Gasteiger partial charge in [0.25, 0.3) is 5.91 Å². The van der Waals surface area contributed by atoms with Gasteiger partial charge in [-0.1, -0.05) is 0 Å². The molecule has 2 aromatic carbocycles. The quantitative estimate of drug-likeness (QED) is 0.531. The van der Waals surface area contributed by atoms with Crippen LogP contribution in [0, 0.1) is 12.1 Å². The molecule has 0 aliphatic carbocycles. The van der Waals surface area contributed by atoms with Gasteiger partial charge in [0, 0.05) is 35.5 Å². The highest BCUT2D eigenvalue weighted by Gasteiger charge is 2.26. The number of nitrogens with zero attached hydrogens (tertiary/aromatic N) is 2. The highest BCUT2D eigenvalue weighted by molar-refractivity contribution is 6.08. The summed E-state index contributed by atoms with van der Waals surface area (Å²) in [5.41, 5.74) is 4.21. The Morgan fingerprint density at radius 2 is 1.96 bits per heavy atom. The average molecular weight is 376 g/mol. The van der Waals surface area contributed by atoms with Crippen molar-refractivity contribution < 1.29 is 19.7 Å². The van der Waals surface area contributed by atoms with Crippen molar-refractivity contribution in [3.05, 3.63) is 76.6 Å². The van der Waals surface area contributed by atoms with Gasteiger partial charge in [-0.05, 0) is 61.7 Å². The first-order valence-corrected chi connectivity index (χ1v) is 9.11. The Balaban J connectivity index is 1.74. The first kappa shape index (κ1) is 17.9. The number of pyridine rings is 1. The number of aromatic hydroxyl groups is 2. The smallest absolute Gasteiger partial charge is 0.262 e. The van der Waals surface area contributed by atoms with Crippen LogP contribution in [0.4, 0.5) is 5.69 Å². The van der Waals surface area contributed by atoms with Gasteiger partial charge in [-0.2, -0.15) is 4.73 Å². The molecule has 0 radical (unpaired) electrons. The summed E-state index contributed by atoms with van der Waals surface area (Å²) in [6, 6.07) is 13.2. The Kier molecular flexibility index (Phi) is 4.39. The molecule has 28 heavy (non-hydrogen) atoms. The highest BCUT2D eigenvalue weighted by Crippen LogP contribution is 2.34. The summed E-state index contributed by atoms with van der Waals surface area (Å²) < 4.78 is 0.858. The number of rotatable bonds is 2. The van der Waals surface area contributed by atoms with Crippen LogP contribution >= 0.6 is 0 Å². The minimum atomic E-state index is -0.319. The van der Waals surface area contributed by atoms with E-state index < -0.39 is 0 Å². The molecule has 0 saturated heterocycles. The zero-order valence-electron chi connectivity index (χ0n) is 15.4. The van der Waals surface area contributed by atoms with E-state index >= 15 is 0 Å². The Morgan fingerprint density at radius 1 is 1.14 bits per heavy atom. The number of aromatic nitrogens is 1. The number of benzene rings is 2. The van der Waals surface area contributed by atoms with E-state index in [1.165, 1.54) is 18.3 Å². The molecular formula is C22H20N2O4. The molecule has 6 nitrogen and oxygen atoms in total. The van der Waals surface area contributed by atoms with Crippen molar-refractivity contribution >= 4 is 11.6 Å². The van der Waals surface area contributed by atoms with Gasteiger partial charge >= 0.3 is 0 Å². The molecule has 3 aromatic rings.